The van der Waals surface area contributed by atoms with E-state index in [1.54, 1.807) is 4.90 Å². The fourth-order valence-corrected chi connectivity index (χ4v) is 1.68. The number of carbonyl (C=O) groups excluding carboxylic acids is 1. The largest absolute Gasteiger partial charge is 0.444 e. The monoisotopic (exact) mass is 186 g/mol. The molecule has 0 saturated carbocycles. The zero-order valence-corrected chi connectivity index (χ0v) is 8.54. The van der Waals surface area contributed by atoms with Gasteiger partial charge in [0.15, 0.2) is 0 Å². The molecule has 0 aliphatic carbocycles. The molecular weight excluding hydrogens is 168 g/mol. The van der Waals surface area contributed by atoms with E-state index in [1.807, 2.05) is 20.8 Å². The standard InChI is InChI=1S/C7H12N2O2.C2H6/c1-5-6-4-8-2-3-9(6)7(10)11-5;1-2/h5-6,8H,2-4H2,1H3;1-2H3. The molecule has 0 bridgehead atoms. The first kappa shape index (κ1) is 10.3. The van der Waals surface area contributed by atoms with Crippen molar-refractivity contribution in [2.45, 2.75) is 32.9 Å². The van der Waals surface area contributed by atoms with Gasteiger partial charge in [-0.15, -0.1) is 0 Å². The number of hydrogen-bond acceptors (Lipinski definition) is 3. The van der Waals surface area contributed by atoms with Crippen LogP contribution < -0.4 is 5.32 Å². The van der Waals surface area contributed by atoms with E-state index in [-0.39, 0.29) is 18.2 Å². The fraction of sp³-hybridized carbons (Fsp3) is 0.889. The second kappa shape index (κ2) is 4.46. The van der Waals surface area contributed by atoms with Gasteiger partial charge in [-0.25, -0.2) is 4.79 Å². The molecule has 0 aromatic rings. The van der Waals surface area contributed by atoms with Gasteiger partial charge in [0.25, 0.3) is 0 Å². The number of nitrogens with zero attached hydrogens (tertiary/aromatic N) is 1. The molecule has 2 heterocycles. The van der Waals surface area contributed by atoms with Crippen LogP contribution >= 0.6 is 0 Å². The Morgan fingerprint density at radius 3 is 2.85 bits per heavy atom. The molecule has 2 rings (SSSR count). The minimum atomic E-state index is -0.149. The number of fused-ring (bicyclic) bond motifs is 1. The van der Waals surface area contributed by atoms with E-state index in [9.17, 15) is 4.79 Å². The summed E-state index contributed by atoms with van der Waals surface area (Å²) in [6, 6.07) is 0.260. The first-order valence-electron chi connectivity index (χ1n) is 4.97. The zero-order chi connectivity index (χ0) is 9.84. The van der Waals surface area contributed by atoms with Crippen LogP contribution in [0.2, 0.25) is 0 Å². The smallest absolute Gasteiger partial charge is 0.410 e. The van der Waals surface area contributed by atoms with Crippen molar-refractivity contribution in [1.82, 2.24) is 10.2 Å². The van der Waals surface area contributed by atoms with E-state index in [0.717, 1.165) is 19.6 Å². The molecule has 2 fully saturated rings. The Morgan fingerprint density at radius 1 is 1.54 bits per heavy atom. The molecule has 0 aromatic heterocycles. The molecule has 2 aliphatic heterocycles. The topological polar surface area (TPSA) is 41.6 Å². The van der Waals surface area contributed by atoms with Gasteiger partial charge in [0, 0.05) is 19.6 Å². The van der Waals surface area contributed by atoms with Crippen molar-refractivity contribution in [3.8, 4) is 0 Å². The number of hydrogen-bond donors (Lipinski definition) is 1. The summed E-state index contributed by atoms with van der Waals surface area (Å²) in [7, 11) is 0. The van der Waals surface area contributed by atoms with E-state index in [4.69, 9.17) is 4.74 Å². The number of carbonyl (C=O) groups is 1. The second-order valence-corrected chi connectivity index (χ2v) is 3.05. The Bertz CT molecular complexity index is 184. The first-order valence-corrected chi connectivity index (χ1v) is 4.97. The predicted octanol–water partition coefficient (Wildman–Crippen LogP) is 0.825. The zero-order valence-electron chi connectivity index (χ0n) is 8.54. The van der Waals surface area contributed by atoms with Crippen LogP contribution in [0.5, 0.6) is 0 Å². The summed E-state index contributed by atoms with van der Waals surface area (Å²) in [6.45, 7) is 8.48. The van der Waals surface area contributed by atoms with E-state index >= 15 is 0 Å². The van der Waals surface area contributed by atoms with Crippen molar-refractivity contribution in [2.75, 3.05) is 19.6 Å². The number of nitrogens with one attached hydrogen (secondary N) is 1. The highest BCUT2D eigenvalue weighted by molar-refractivity contribution is 5.70. The molecule has 13 heavy (non-hydrogen) atoms. The minimum absolute atomic E-state index is 0.0512. The highest BCUT2D eigenvalue weighted by atomic mass is 16.6. The maximum Gasteiger partial charge on any atom is 0.410 e. The third-order valence-electron chi connectivity index (χ3n) is 2.35. The van der Waals surface area contributed by atoms with Crippen LogP contribution in [-0.2, 0) is 4.74 Å². The van der Waals surface area contributed by atoms with Gasteiger partial charge < -0.3 is 10.1 Å². The number of rotatable bonds is 0. The molecule has 2 aliphatic rings. The van der Waals surface area contributed by atoms with Crippen molar-refractivity contribution in [1.29, 1.82) is 0 Å². The van der Waals surface area contributed by atoms with Crippen LogP contribution in [0.3, 0.4) is 0 Å². The Labute approximate surface area is 79.2 Å². The summed E-state index contributed by atoms with van der Waals surface area (Å²) >= 11 is 0. The van der Waals surface area contributed by atoms with Crippen molar-refractivity contribution in [3.05, 3.63) is 0 Å². The quantitative estimate of drug-likeness (QED) is 0.609. The summed E-state index contributed by atoms with van der Waals surface area (Å²) in [5.74, 6) is 0. The van der Waals surface area contributed by atoms with E-state index in [0.29, 0.717) is 0 Å². The second-order valence-electron chi connectivity index (χ2n) is 3.05. The maximum atomic E-state index is 11.1. The Balaban J connectivity index is 0.000000396. The van der Waals surface area contributed by atoms with Gasteiger partial charge in [-0.05, 0) is 6.92 Å². The maximum absolute atomic E-state index is 11.1. The Hall–Kier alpha value is -0.770. The third-order valence-corrected chi connectivity index (χ3v) is 2.35. The van der Waals surface area contributed by atoms with Crippen LogP contribution in [-0.4, -0.2) is 42.8 Å². The number of ether oxygens (including phenoxy) is 1. The molecule has 4 heteroatoms. The third kappa shape index (κ3) is 1.94. The number of piperazine rings is 1. The average molecular weight is 186 g/mol. The van der Waals surface area contributed by atoms with Gasteiger partial charge >= 0.3 is 6.09 Å². The van der Waals surface area contributed by atoms with Crippen molar-refractivity contribution in [2.24, 2.45) is 0 Å². The lowest BCUT2D eigenvalue weighted by molar-refractivity contribution is 0.138. The van der Waals surface area contributed by atoms with E-state index in [2.05, 4.69) is 5.32 Å². The molecule has 76 valence electrons. The van der Waals surface area contributed by atoms with E-state index in [1.165, 1.54) is 0 Å². The molecule has 2 atom stereocenters. The van der Waals surface area contributed by atoms with Crippen LogP contribution in [0.4, 0.5) is 4.79 Å². The molecule has 0 spiro atoms. The van der Waals surface area contributed by atoms with E-state index < -0.39 is 0 Å². The molecule has 4 nitrogen and oxygen atoms in total. The SMILES string of the molecule is CC.CC1OC(=O)N2CCNCC12. The molecule has 2 saturated heterocycles. The lowest BCUT2D eigenvalue weighted by atomic mass is 10.1. The van der Waals surface area contributed by atoms with Crippen LogP contribution in [0.25, 0.3) is 0 Å². The first-order chi connectivity index (χ1) is 6.29. The molecular formula is C9H18N2O2. The summed E-state index contributed by atoms with van der Waals surface area (Å²) in [4.78, 5) is 12.9. The molecule has 0 aromatic carbocycles. The van der Waals surface area contributed by atoms with Crippen LogP contribution in [0, 0.1) is 0 Å². The van der Waals surface area contributed by atoms with Crippen molar-refractivity contribution >= 4 is 6.09 Å². The summed E-state index contributed by atoms with van der Waals surface area (Å²) < 4.78 is 5.06. The van der Waals surface area contributed by atoms with Gasteiger partial charge in [0.2, 0.25) is 0 Å². The lowest BCUT2D eigenvalue weighted by Crippen LogP contribution is -2.51. The van der Waals surface area contributed by atoms with Crippen LogP contribution in [0.1, 0.15) is 20.8 Å². The summed E-state index contributed by atoms with van der Waals surface area (Å²) in [6.07, 6.45) is -0.0979. The fourth-order valence-electron chi connectivity index (χ4n) is 1.68. The van der Waals surface area contributed by atoms with Crippen molar-refractivity contribution < 1.29 is 9.53 Å². The van der Waals surface area contributed by atoms with Gasteiger partial charge in [-0.1, -0.05) is 13.8 Å². The minimum Gasteiger partial charge on any atom is -0.444 e. The Morgan fingerprint density at radius 2 is 2.23 bits per heavy atom. The lowest BCUT2D eigenvalue weighted by Gasteiger charge is -2.28. The molecule has 0 radical (unpaired) electrons. The predicted molar refractivity (Wildman–Crippen MR) is 50.7 cm³/mol. The average Bonchev–Trinajstić information content (AvgIpc) is 2.47. The van der Waals surface area contributed by atoms with Gasteiger partial charge in [-0.3, -0.25) is 4.90 Å². The normalized spacial score (nSPS) is 31.6. The molecule has 1 amide bonds. The van der Waals surface area contributed by atoms with Crippen molar-refractivity contribution in [3.63, 3.8) is 0 Å². The molecule has 1 N–H and O–H groups in total. The number of cyclic esters (lactones) is 1. The van der Waals surface area contributed by atoms with Gasteiger partial charge in [0.1, 0.15) is 6.10 Å². The summed E-state index contributed by atoms with van der Waals surface area (Å²) in [5, 5.41) is 3.23. The Kier molecular flexibility index (Phi) is 3.54. The number of amides is 1. The molecule has 2 unspecified atom stereocenters. The highest BCUT2D eigenvalue weighted by Crippen LogP contribution is 2.19. The van der Waals surface area contributed by atoms with Crippen LogP contribution in [0.15, 0.2) is 0 Å². The summed E-state index contributed by atoms with van der Waals surface area (Å²) in [5.41, 5.74) is 0. The van der Waals surface area contributed by atoms with Gasteiger partial charge in [0.05, 0.1) is 6.04 Å². The highest BCUT2D eigenvalue weighted by Gasteiger charge is 2.39. The van der Waals surface area contributed by atoms with Gasteiger partial charge in [-0.2, -0.15) is 0 Å².